The highest BCUT2D eigenvalue weighted by atomic mass is 16.2. The number of rotatable bonds is 5. The number of pyridine rings is 1. The average Bonchev–Trinajstić information content (AvgIpc) is 2.54. The second kappa shape index (κ2) is 7.79. The van der Waals surface area contributed by atoms with Gasteiger partial charge >= 0.3 is 11.8 Å². The van der Waals surface area contributed by atoms with E-state index >= 15 is 0 Å². The summed E-state index contributed by atoms with van der Waals surface area (Å²) in [5, 5.41) is 5.16. The van der Waals surface area contributed by atoms with Gasteiger partial charge in [-0.3, -0.25) is 14.6 Å². The Morgan fingerprint density at radius 2 is 1.62 bits per heavy atom. The number of carbonyl (C=O) groups is 2. The molecule has 0 atom stereocenters. The van der Waals surface area contributed by atoms with Crippen LogP contribution in [-0.4, -0.2) is 23.3 Å². The minimum absolute atomic E-state index is 0.341. The Balaban J connectivity index is 1.69. The van der Waals surface area contributed by atoms with Gasteiger partial charge in [0.15, 0.2) is 0 Å². The van der Waals surface area contributed by atoms with E-state index in [1.807, 2.05) is 48.5 Å². The van der Waals surface area contributed by atoms with Crippen LogP contribution in [0.3, 0.4) is 0 Å². The van der Waals surface area contributed by atoms with Crippen LogP contribution < -0.4 is 10.6 Å². The number of amides is 2. The lowest BCUT2D eigenvalue weighted by atomic mass is 10.2. The quantitative estimate of drug-likeness (QED) is 0.806. The first-order valence-corrected chi connectivity index (χ1v) is 6.75. The summed E-state index contributed by atoms with van der Waals surface area (Å²) in [6, 6.07) is 15.0. The van der Waals surface area contributed by atoms with Crippen molar-refractivity contribution in [2.45, 2.75) is 13.0 Å². The maximum Gasteiger partial charge on any atom is 0.309 e. The summed E-state index contributed by atoms with van der Waals surface area (Å²) in [4.78, 5) is 27.4. The van der Waals surface area contributed by atoms with Crippen molar-refractivity contribution in [3.05, 3.63) is 66.0 Å². The third-order valence-corrected chi connectivity index (χ3v) is 2.89. The van der Waals surface area contributed by atoms with E-state index in [9.17, 15) is 9.59 Å². The molecule has 0 aliphatic heterocycles. The summed E-state index contributed by atoms with van der Waals surface area (Å²) in [5.74, 6) is -1.25. The Bertz CT molecular complexity index is 585. The van der Waals surface area contributed by atoms with Crippen LogP contribution >= 0.6 is 0 Å². The van der Waals surface area contributed by atoms with Crippen LogP contribution in [-0.2, 0) is 22.6 Å². The number of nitrogens with one attached hydrogen (secondary N) is 2. The molecular formula is C16H17N3O2. The smallest absolute Gasteiger partial charge is 0.309 e. The molecular weight excluding hydrogens is 266 g/mol. The first kappa shape index (κ1) is 14.7. The first-order valence-electron chi connectivity index (χ1n) is 6.75. The van der Waals surface area contributed by atoms with Crippen LogP contribution in [0, 0.1) is 0 Å². The SMILES string of the molecule is O=C(NCCc1ccccn1)C(=O)NCc1ccccc1. The van der Waals surface area contributed by atoms with Gasteiger partial charge in [-0.15, -0.1) is 0 Å². The minimum Gasteiger partial charge on any atom is -0.347 e. The van der Waals surface area contributed by atoms with Gasteiger partial charge in [-0.2, -0.15) is 0 Å². The maximum atomic E-state index is 11.6. The minimum atomic E-state index is -0.625. The molecule has 0 unspecified atom stereocenters. The molecule has 0 fully saturated rings. The Morgan fingerprint density at radius 1 is 0.905 bits per heavy atom. The number of hydrogen-bond acceptors (Lipinski definition) is 3. The molecule has 108 valence electrons. The Hall–Kier alpha value is -2.69. The number of hydrogen-bond donors (Lipinski definition) is 2. The van der Waals surface area contributed by atoms with Crippen LogP contribution in [0.4, 0.5) is 0 Å². The molecule has 0 saturated heterocycles. The number of benzene rings is 1. The van der Waals surface area contributed by atoms with Crippen molar-refractivity contribution in [2.24, 2.45) is 0 Å². The third kappa shape index (κ3) is 5.06. The summed E-state index contributed by atoms with van der Waals surface area (Å²) in [6.45, 7) is 0.724. The van der Waals surface area contributed by atoms with Gasteiger partial charge in [0.1, 0.15) is 0 Å². The third-order valence-electron chi connectivity index (χ3n) is 2.89. The Labute approximate surface area is 123 Å². The van der Waals surface area contributed by atoms with E-state index in [-0.39, 0.29) is 0 Å². The van der Waals surface area contributed by atoms with Gasteiger partial charge in [-0.1, -0.05) is 36.4 Å². The largest absolute Gasteiger partial charge is 0.347 e. The molecule has 2 rings (SSSR count). The van der Waals surface area contributed by atoms with E-state index < -0.39 is 11.8 Å². The molecule has 2 aromatic rings. The molecule has 0 aliphatic rings. The number of carbonyl (C=O) groups excluding carboxylic acids is 2. The molecule has 0 spiro atoms. The lowest BCUT2D eigenvalue weighted by Gasteiger charge is -2.06. The van der Waals surface area contributed by atoms with Crippen molar-refractivity contribution in [1.29, 1.82) is 0 Å². The van der Waals surface area contributed by atoms with Gasteiger partial charge in [0, 0.05) is 31.4 Å². The van der Waals surface area contributed by atoms with E-state index in [2.05, 4.69) is 15.6 Å². The molecule has 5 heteroatoms. The lowest BCUT2D eigenvalue weighted by molar-refractivity contribution is -0.139. The zero-order chi connectivity index (χ0) is 14.9. The van der Waals surface area contributed by atoms with Crippen LogP contribution in [0.15, 0.2) is 54.7 Å². The fourth-order valence-electron chi connectivity index (χ4n) is 1.79. The van der Waals surface area contributed by atoms with Crippen LogP contribution in [0.1, 0.15) is 11.3 Å². The van der Waals surface area contributed by atoms with Crippen molar-refractivity contribution in [3.8, 4) is 0 Å². The second-order valence-corrected chi connectivity index (χ2v) is 4.50. The van der Waals surface area contributed by atoms with Gasteiger partial charge in [-0.05, 0) is 17.7 Å². The van der Waals surface area contributed by atoms with Gasteiger partial charge in [0.2, 0.25) is 0 Å². The molecule has 1 aromatic heterocycles. The van der Waals surface area contributed by atoms with E-state index in [0.717, 1.165) is 11.3 Å². The maximum absolute atomic E-state index is 11.6. The van der Waals surface area contributed by atoms with Crippen molar-refractivity contribution in [2.75, 3.05) is 6.54 Å². The summed E-state index contributed by atoms with van der Waals surface area (Å²) < 4.78 is 0. The number of nitrogens with zero attached hydrogens (tertiary/aromatic N) is 1. The Kier molecular flexibility index (Phi) is 5.46. The molecule has 1 aromatic carbocycles. The topological polar surface area (TPSA) is 71.1 Å². The van der Waals surface area contributed by atoms with E-state index in [0.29, 0.717) is 19.5 Å². The Morgan fingerprint density at radius 3 is 2.33 bits per heavy atom. The molecule has 1 heterocycles. The van der Waals surface area contributed by atoms with Crippen LogP contribution in [0.5, 0.6) is 0 Å². The van der Waals surface area contributed by atoms with E-state index in [4.69, 9.17) is 0 Å². The molecule has 2 N–H and O–H groups in total. The monoisotopic (exact) mass is 283 g/mol. The molecule has 0 saturated carbocycles. The zero-order valence-electron chi connectivity index (χ0n) is 11.6. The van der Waals surface area contributed by atoms with Gasteiger partial charge in [0.05, 0.1) is 0 Å². The molecule has 2 amide bonds. The molecule has 5 nitrogen and oxygen atoms in total. The van der Waals surface area contributed by atoms with Gasteiger partial charge < -0.3 is 10.6 Å². The average molecular weight is 283 g/mol. The highest BCUT2D eigenvalue weighted by Gasteiger charge is 2.12. The van der Waals surface area contributed by atoms with E-state index in [1.165, 1.54) is 0 Å². The van der Waals surface area contributed by atoms with Crippen molar-refractivity contribution in [1.82, 2.24) is 15.6 Å². The standard InChI is InChI=1S/C16H17N3O2/c20-15(18-11-9-14-8-4-5-10-17-14)16(21)19-12-13-6-2-1-3-7-13/h1-8,10H,9,11-12H2,(H,18,20)(H,19,21). The second-order valence-electron chi connectivity index (χ2n) is 4.50. The zero-order valence-corrected chi connectivity index (χ0v) is 11.6. The predicted molar refractivity (Wildman–Crippen MR) is 79.2 cm³/mol. The normalized spacial score (nSPS) is 9.90. The highest BCUT2D eigenvalue weighted by molar-refractivity contribution is 6.35. The fraction of sp³-hybridized carbons (Fsp3) is 0.188. The summed E-state index contributed by atoms with van der Waals surface area (Å²) in [5.41, 5.74) is 1.83. The van der Waals surface area contributed by atoms with Crippen LogP contribution in [0.2, 0.25) is 0 Å². The van der Waals surface area contributed by atoms with Gasteiger partial charge in [-0.25, -0.2) is 0 Å². The highest BCUT2D eigenvalue weighted by Crippen LogP contribution is 1.97. The van der Waals surface area contributed by atoms with Crippen molar-refractivity contribution in [3.63, 3.8) is 0 Å². The van der Waals surface area contributed by atoms with Crippen molar-refractivity contribution < 1.29 is 9.59 Å². The van der Waals surface area contributed by atoms with Crippen LogP contribution in [0.25, 0.3) is 0 Å². The summed E-state index contributed by atoms with van der Waals surface area (Å²) >= 11 is 0. The fourth-order valence-corrected chi connectivity index (χ4v) is 1.79. The molecule has 0 bridgehead atoms. The molecule has 0 radical (unpaired) electrons. The molecule has 21 heavy (non-hydrogen) atoms. The van der Waals surface area contributed by atoms with Crippen molar-refractivity contribution >= 4 is 11.8 Å². The molecule has 0 aliphatic carbocycles. The summed E-state index contributed by atoms with van der Waals surface area (Å²) in [7, 11) is 0. The number of aromatic nitrogens is 1. The first-order chi connectivity index (χ1) is 10.3. The lowest BCUT2D eigenvalue weighted by Crippen LogP contribution is -2.40. The van der Waals surface area contributed by atoms with Gasteiger partial charge in [0.25, 0.3) is 0 Å². The van der Waals surface area contributed by atoms with E-state index in [1.54, 1.807) is 6.20 Å². The predicted octanol–water partition coefficient (Wildman–Crippen LogP) is 1.06. The summed E-state index contributed by atoms with van der Waals surface area (Å²) in [6.07, 6.45) is 2.29.